The Morgan fingerprint density at radius 2 is 2.00 bits per heavy atom. The van der Waals surface area contributed by atoms with Gasteiger partial charge in [-0.25, -0.2) is 27.3 Å². The minimum absolute atomic E-state index is 0.127. The van der Waals surface area contributed by atoms with Gasteiger partial charge < -0.3 is 9.30 Å². The van der Waals surface area contributed by atoms with Crippen molar-refractivity contribution in [3.05, 3.63) is 53.4 Å². The van der Waals surface area contributed by atoms with Gasteiger partial charge in [0.25, 0.3) is 0 Å². The number of carbonyl (C=O) groups is 1. The number of imidazole rings is 1. The minimum atomic E-state index is -4.01. The normalized spacial score (nSPS) is 18.3. The van der Waals surface area contributed by atoms with Crippen molar-refractivity contribution >= 4 is 26.8 Å². The fraction of sp³-hybridized carbons (Fsp3) is 0.500. The first kappa shape index (κ1) is 24.8. The number of sulfonamides is 1. The van der Waals surface area contributed by atoms with Gasteiger partial charge in [-0.15, -0.1) is 0 Å². The molecule has 36 heavy (non-hydrogen) atoms. The third-order valence-electron chi connectivity index (χ3n) is 6.83. The first-order valence-electron chi connectivity index (χ1n) is 12.4. The van der Waals surface area contributed by atoms with E-state index < -0.39 is 21.7 Å². The molecule has 1 unspecified atom stereocenters. The van der Waals surface area contributed by atoms with Crippen molar-refractivity contribution in [2.75, 3.05) is 13.2 Å². The number of pyridine rings is 1. The summed E-state index contributed by atoms with van der Waals surface area (Å²) in [5, 5.41) is 1.42. The lowest BCUT2D eigenvalue weighted by molar-refractivity contribution is 0.0520. The Balaban J connectivity index is 1.65. The molecule has 0 radical (unpaired) electrons. The molecule has 1 aromatic carbocycles. The van der Waals surface area contributed by atoms with Crippen molar-refractivity contribution in [3.63, 3.8) is 0 Å². The summed E-state index contributed by atoms with van der Waals surface area (Å²) in [7, 11) is -4.01. The summed E-state index contributed by atoms with van der Waals surface area (Å²) in [4.78, 5) is 21.2. The highest BCUT2D eigenvalue weighted by Gasteiger charge is 2.32. The number of aryl methyl sites for hydroxylation is 1. The molecule has 10 heteroatoms. The zero-order valence-electron chi connectivity index (χ0n) is 20.8. The maximum atomic E-state index is 14.2. The van der Waals surface area contributed by atoms with Crippen LogP contribution < -0.4 is 4.72 Å². The Morgan fingerprint density at radius 1 is 1.22 bits per heavy atom. The number of rotatable bonds is 8. The Kier molecular flexibility index (Phi) is 6.36. The second-order valence-electron chi connectivity index (χ2n) is 10.2. The lowest BCUT2D eigenvalue weighted by atomic mass is 9.84. The molecule has 0 spiro atoms. The van der Waals surface area contributed by atoms with Gasteiger partial charge in [0.1, 0.15) is 5.67 Å². The van der Waals surface area contributed by atoms with Crippen molar-refractivity contribution in [1.29, 1.82) is 0 Å². The third kappa shape index (κ3) is 4.88. The molecule has 1 atom stereocenters. The molecular formula is C26H31FN4O4S. The van der Waals surface area contributed by atoms with Gasteiger partial charge in [0, 0.05) is 41.3 Å². The van der Waals surface area contributed by atoms with Crippen LogP contribution in [0.4, 0.5) is 4.39 Å². The van der Waals surface area contributed by atoms with Gasteiger partial charge in [-0.2, -0.15) is 0 Å². The number of hydrogen-bond acceptors (Lipinski definition) is 6. The Labute approximate surface area is 210 Å². The van der Waals surface area contributed by atoms with Crippen LogP contribution in [0, 0.1) is 0 Å². The fourth-order valence-corrected chi connectivity index (χ4v) is 6.31. The van der Waals surface area contributed by atoms with Gasteiger partial charge >= 0.3 is 5.97 Å². The van der Waals surface area contributed by atoms with Crippen molar-refractivity contribution in [1.82, 2.24) is 19.3 Å². The summed E-state index contributed by atoms with van der Waals surface area (Å²) >= 11 is 0. The number of benzene rings is 1. The van der Waals surface area contributed by atoms with Gasteiger partial charge in [-0.1, -0.05) is 0 Å². The highest BCUT2D eigenvalue weighted by atomic mass is 32.2. The molecule has 1 N–H and O–H groups in total. The molecule has 2 aromatic heterocycles. The van der Waals surface area contributed by atoms with E-state index >= 15 is 0 Å². The van der Waals surface area contributed by atoms with Crippen LogP contribution in [0.15, 0.2) is 35.7 Å². The van der Waals surface area contributed by atoms with Crippen LogP contribution in [0.2, 0.25) is 0 Å². The number of ether oxygens (including phenoxy) is 1. The molecule has 0 saturated heterocycles. The highest BCUT2D eigenvalue weighted by Crippen LogP contribution is 2.43. The maximum absolute atomic E-state index is 14.2. The minimum Gasteiger partial charge on any atom is -0.461 e. The second kappa shape index (κ2) is 9.23. The van der Waals surface area contributed by atoms with Crippen LogP contribution in [-0.2, 0) is 21.2 Å². The Morgan fingerprint density at radius 3 is 2.69 bits per heavy atom. The molecule has 2 aliphatic carbocycles. The summed E-state index contributed by atoms with van der Waals surface area (Å²) in [6.45, 7) is 4.34. The van der Waals surface area contributed by atoms with E-state index in [0.29, 0.717) is 11.3 Å². The van der Waals surface area contributed by atoms with E-state index in [4.69, 9.17) is 4.74 Å². The highest BCUT2D eigenvalue weighted by molar-refractivity contribution is 7.89. The van der Waals surface area contributed by atoms with E-state index in [0.717, 1.165) is 54.3 Å². The van der Waals surface area contributed by atoms with E-state index in [1.54, 1.807) is 31.7 Å². The molecule has 1 fully saturated rings. The molecular weight excluding hydrogens is 483 g/mol. The zero-order chi connectivity index (χ0) is 25.7. The molecule has 0 aliphatic heterocycles. The lowest BCUT2D eigenvalue weighted by Gasteiger charge is -2.29. The number of carbonyl (C=O) groups excluding carboxylic acids is 1. The number of halogens is 1. The maximum Gasteiger partial charge on any atom is 0.358 e. The van der Waals surface area contributed by atoms with E-state index in [9.17, 15) is 17.6 Å². The number of nitrogens with zero attached hydrogens (tertiary/aromatic N) is 3. The number of aromatic nitrogens is 3. The number of alkyl halides is 1. The first-order valence-corrected chi connectivity index (χ1v) is 13.9. The van der Waals surface area contributed by atoms with Crippen LogP contribution in [0.1, 0.15) is 85.7 Å². The molecule has 192 valence electrons. The lowest BCUT2D eigenvalue weighted by Crippen LogP contribution is -2.35. The van der Waals surface area contributed by atoms with Crippen molar-refractivity contribution in [2.45, 2.75) is 75.4 Å². The average Bonchev–Trinajstić information content (AvgIpc) is 3.57. The SMILES string of the molecule is CCOC(=O)c1cn(C2CCCc3c2cc(S(=O)(=O)NCC(C)(C)F)c2cc(C4CC4)ncc32)cn1. The average molecular weight is 515 g/mol. The van der Waals surface area contributed by atoms with Crippen molar-refractivity contribution < 1.29 is 22.3 Å². The van der Waals surface area contributed by atoms with Gasteiger partial charge in [0.15, 0.2) is 5.69 Å². The number of esters is 1. The van der Waals surface area contributed by atoms with Crippen molar-refractivity contribution in [2.24, 2.45) is 0 Å². The van der Waals surface area contributed by atoms with Gasteiger partial charge in [0.05, 0.1) is 23.9 Å². The number of fused-ring (bicyclic) bond motifs is 3. The van der Waals surface area contributed by atoms with Crippen molar-refractivity contribution in [3.8, 4) is 0 Å². The fourth-order valence-electron chi connectivity index (χ4n) is 4.88. The molecule has 2 aliphatic rings. The van der Waals surface area contributed by atoms with E-state index in [-0.39, 0.29) is 29.8 Å². The smallest absolute Gasteiger partial charge is 0.358 e. The second-order valence-corrected chi connectivity index (χ2v) is 12.0. The molecule has 8 nitrogen and oxygen atoms in total. The predicted octanol–water partition coefficient (Wildman–Crippen LogP) is 4.44. The Bertz CT molecular complexity index is 1420. The monoisotopic (exact) mass is 514 g/mol. The number of nitrogens with one attached hydrogen (secondary N) is 1. The summed E-state index contributed by atoms with van der Waals surface area (Å²) < 4.78 is 50.6. The summed E-state index contributed by atoms with van der Waals surface area (Å²) in [5.41, 5.74) is 1.31. The summed E-state index contributed by atoms with van der Waals surface area (Å²) in [5.74, 6) is -0.136. The molecule has 0 bridgehead atoms. The predicted molar refractivity (Wildman–Crippen MR) is 133 cm³/mol. The molecule has 5 rings (SSSR count). The van der Waals surface area contributed by atoms with E-state index in [2.05, 4.69) is 14.7 Å². The van der Waals surface area contributed by atoms with Crippen LogP contribution >= 0.6 is 0 Å². The first-order chi connectivity index (χ1) is 17.1. The third-order valence-corrected chi connectivity index (χ3v) is 8.27. The molecule has 1 saturated carbocycles. The van der Waals surface area contributed by atoms with Gasteiger partial charge in [-0.3, -0.25) is 4.98 Å². The summed E-state index contributed by atoms with van der Waals surface area (Å²) in [6.07, 6.45) is 9.56. The zero-order valence-corrected chi connectivity index (χ0v) is 21.6. The van der Waals surface area contributed by atoms with Crippen LogP contribution in [0.25, 0.3) is 10.8 Å². The molecule has 3 aromatic rings. The van der Waals surface area contributed by atoms with E-state index in [1.807, 2.05) is 10.6 Å². The summed E-state index contributed by atoms with van der Waals surface area (Å²) in [6, 6.07) is 3.40. The van der Waals surface area contributed by atoms with Gasteiger partial charge in [-0.05, 0) is 76.1 Å². The molecule has 0 amide bonds. The van der Waals surface area contributed by atoms with E-state index in [1.165, 1.54) is 13.8 Å². The van der Waals surface area contributed by atoms with Crippen LogP contribution in [-0.4, -0.2) is 47.7 Å². The molecule has 2 heterocycles. The number of hydrogen-bond donors (Lipinski definition) is 1. The standard InChI is InChI=1S/C26H31FN4O4S/c1-4-35-25(32)22-13-31(15-29-22)23-7-5-6-17-18(23)11-24(36(33,34)30-14-26(2,3)27)19-10-21(16-8-9-16)28-12-20(17)19/h10-13,15-16,23,30H,4-9,14H2,1-3H3. The quantitative estimate of drug-likeness (QED) is 0.446. The topological polar surface area (TPSA) is 103 Å². The van der Waals surface area contributed by atoms with Crippen LogP contribution in [0.3, 0.4) is 0 Å². The van der Waals surface area contributed by atoms with Gasteiger partial charge in [0.2, 0.25) is 10.0 Å². The largest absolute Gasteiger partial charge is 0.461 e. The van der Waals surface area contributed by atoms with Crippen LogP contribution in [0.5, 0.6) is 0 Å². The Hall–Kier alpha value is -2.85.